The van der Waals surface area contributed by atoms with Gasteiger partial charge in [0.2, 0.25) is 0 Å². The second kappa shape index (κ2) is 4.89. The number of hydrogen-bond donors (Lipinski definition) is 0. The Morgan fingerprint density at radius 1 is 1.37 bits per heavy atom. The zero-order valence-electron chi connectivity index (χ0n) is 10.7. The Morgan fingerprint density at radius 2 is 2.16 bits per heavy atom. The minimum Gasteiger partial charge on any atom is -0.236 e. The first-order chi connectivity index (χ1) is 9.19. The number of aryl methyl sites for hydroxylation is 1. The highest BCUT2D eigenvalue weighted by atomic mass is 35.5. The van der Waals surface area contributed by atoms with Crippen LogP contribution in [0, 0.1) is 12.7 Å². The summed E-state index contributed by atoms with van der Waals surface area (Å²) in [6.07, 6.45) is 4.13. The second-order valence-electron chi connectivity index (χ2n) is 4.98. The van der Waals surface area contributed by atoms with Crippen LogP contribution in [-0.4, -0.2) is 9.97 Å². The Labute approximate surface area is 116 Å². The third-order valence-corrected chi connectivity index (χ3v) is 3.71. The largest absolute Gasteiger partial charge is 0.236 e. The van der Waals surface area contributed by atoms with Crippen molar-refractivity contribution in [3.8, 4) is 11.4 Å². The summed E-state index contributed by atoms with van der Waals surface area (Å²) in [5, 5.41) is 0. The Kier molecular flexibility index (Phi) is 3.23. The first-order valence-corrected chi connectivity index (χ1v) is 6.91. The van der Waals surface area contributed by atoms with E-state index in [4.69, 9.17) is 11.6 Å². The molecule has 2 nitrogen and oxygen atoms in total. The van der Waals surface area contributed by atoms with Gasteiger partial charge in [-0.1, -0.05) is 0 Å². The zero-order chi connectivity index (χ0) is 13.4. The summed E-state index contributed by atoms with van der Waals surface area (Å²) in [4.78, 5) is 8.97. The summed E-state index contributed by atoms with van der Waals surface area (Å²) < 4.78 is 13.3. The molecule has 1 aliphatic carbocycles. The molecule has 2 aromatic rings. The first kappa shape index (κ1) is 12.5. The van der Waals surface area contributed by atoms with E-state index < -0.39 is 0 Å². The van der Waals surface area contributed by atoms with Gasteiger partial charge in [0.15, 0.2) is 5.82 Å². The summed E-state index contributed by atoms with van der Waals surface area (Å²) in [6.45, 7) is 1.74. The average Bonchev–Trinajstić information content (AvgIpc) is 3.25. The Hall–Kier alpha value is -1.48. The number of nitrogens with zero attached hydrogens (tertiary/aromatic N) is 2. The maximum atomic E-state index is 13.3. The van der Waals surface area contributed by atoms with Gasteiger partial charge in [0, 0.05) is 23.2 Å². The van der Waals surface area contributed by atoms with Crippen LogP contribution in [0.3, 0.4) is 0 Å². The molecule has 0 bridgehead atoms. The predicted octanol–water partition coefficient (Wildman–Crippen LogP) is 4.21. The molecule has 1 heterocycles. The molecule has 1 aromatic heterocycles. The molecule has 1 aliphatic rings. The fourth-order valence-electron chi connectivity index (χ4n) is 2.16. The summed E-state index contributed by atoms with van der Waals surface area (Å²) >= 11 is 5.92. The lowest BCUT2D eigenvalue weighted by Crippen LogP contribution is -1.99. The summed E-state index contributed by atoms with van der Waals surface area (Å²) in [6, 6.07) is 4.96. The van der Waals surface area contributed by atoms with Crippen LogP contribution in [0.15, 0.2) is 24.4 Å². The van der Waals surface area contributed by atoms with E-state index in [1.165, 1.54) is 18.9 Å². The van der Waals surface area contributed by atoms with Gasteiger partial charge in [0.25, 0.3) is 0 Å². The summed E-state index contributed by atoms with van der Waals surface area (Å²) in [5.41, 5.74) is 3.52. The van der Waals surface area contributed by atoms with E-state index in [9.17, 15) is 4.39 Å². The highest BCUT2D eigenvalue weighted by molar-refractivity contribution is 6.17. The molecule has 0 spiro atoms. The van der Waals surface area contributed by atoms with E-state index in [-0.39, 0.29) is 5.82 Å². The fourth-order valence-corrected chi connectivity index (χ4v) is 2.36. The van der Waals surface area contributed by atoms with Gasteiger partial charge in [-0.05, 0) is 43.5 Å². The van der Waals surface area contributed by atoms with Gasteiger partial charge in [-0.2, -0.15) is 0 Å². The van der Waals surface area contributed by atoms with Crippen molar-refractivity contribution in [3.63, 3.8) is 0 Å². The molecule has 0 amide bonds. The molecule has 0 atom stereocenters. The van der Waals surface area contributed by atoms with Crippen LogP contribution in [0.25, 0.3) is 11.4 Å². The van der Waals surface area contributed by atoms with Gasteiger partial charge in [-0.25, -0.2) is 14.4 Å². The zero-order valence-corrected chi connectivity index (χ0v) is 11.4. The van der Waals surface area contributed by atoms with Gasteiger partial charge in [0.05, 0.1) is 11.6 Å². The van der Waals surface area contributed by atoms with Crippen molar-refractivity contribution in [3.05, 3.63) is 47.0 Å². The van der Waals surface area contributed by atoms with Crippen molar-refractivity contribution in [1.29, 1.82) is 0 Å². The van der Waals surface area contributed by atoms with Gasteiger partial charge in [-0.15, -0.1) is 11.6 Å². The number of hydrogen-bond acceptors (Lipinski definition) is 2. The lowest BCUT2D eigenvalue weighted by atomic mass is 10.1. The third kappa shape index (κ3) is 2.47. The summed E-state index contributed by atoms with van der Waals surface area (Å²) in [7, 11) is 0. The normalized spacial score (nSPS) is 14.7. The minimum absolute atomic E-state index is 0.205. The molecule has 3 rings (SSSR count). The lowest BCUT2D eigenvalue weighted by molar-refractivity contribution is 0.618. The highest BCUT2D eigenvalue weighted by Crippen LogP contribution is 2.41. The molecule has 1 aromatic carbocycles. The number of alkyl halides is 1. The molecular formula is C15H14ClFN2. The molecule has 0 radical (unpaired) electrons. The summed E-state index contributed by atoms with van der Waals surface area (Å²) in [5.74, 6) is 1.41. The van der Waals surface area contributed by atoms with Crippen molar-refractivity contribution in [1.82, 2.24) is 9.97 Å². The maximum Gasteiger partial charge on any atom is 0.159 e. The van der Waals surface area contributed by atoms with Crippen LogP contribution < -0.4 is 0 Å². The van der Waals surface area contributed by atoms with Crippen molar-refractivity contribution < 1.29 is 4.39 Å². The van der Waals surface area contributed by atoms with Gasteiger partial charge >= 0.3 is 0 Å². The highest BCUT2D eigenvalue weighted by Gasteiger charge is 2.28. The van der Waals surface area contributed by atoms with E-state index in [1.54, 1.807) is 25.3 Å². The average molecular weight is 277 g/mol. The van der Waals surface area contributed by atoms with Crippen LogP contribution in [0.4, 0.5) is 4.39 Å². The quantitative estimate of drug-likeness (QED) is 0.785. The first-order valence-electron chi connectivity index (χ1n) is 6.37. The van der Waals surface area contributed by atoms with Crippen LogP contribution in [-0.2, 0) is 5.88 Å². The standard InChI is InChI=1S/C15H14ClFN2/c1-9-6-11(4-5-13(9)17)15-18-8-12(7-16)14(19-15)10-2-3-10/h4-6,8,10H,2-3,7H2,1H3. The second-order valence-corrected chi connectivity index (χ2v) is 5.24. The van der Waals surface area contributed by atoms with E-state index in [1.807, 2.05) is 0 Å². The molecule has 1 saturated carbocycles. The molecular weight excluding hydrogens is 263 g/mol. The van der Waals surface area contributed by atoms with Crippen LogP contribution in [0.1, 0.15) is 35.6 Å². The SMILES string of the molecule is Cc1cc(-c2ncc(CCl)c(C3CC3)n2)ccc1F. The number of halogens is 2. The van der Waals surface area contributed by atoms with Crippen molar-refractivity contribution in [2.24, 2.45) is 0 Å². The molecule has 0 saturated heterocycles. The number of aromatic nitrogens is 2. The smallest absolute Gasteiger partial charge is 0.159 e. The fraction of sp³-hybridized carbons (Fsp3) is 0.333. The van der Waals surface area contributed by atoms with Crippen molar-refractivity contribution in [2.45, 2.75) is 31.6 Å². The molecule has 19 heavy (non-hydrogen) atoms. The Morgan fingerprint density at radius 3 is 2.79 bits per heavy atom. The number of rotatable bonds is 3. The van der Waals surface area contributed by atoms with Gasteiger partial charge < -0.3 is 0 Å². The van der Waals surface area contributed by atoms with Gasteiger partial charge in [-0.3, -0.25) is 0 Å². The van der Waals surface area contributed by atoms with Gasteiger partial charge in [0.1, 0.15) is 5.82 Å². The van der Waals surface area contributed by atoms with Crippen LogP contribution in [0.2, 0.25) is 0 Å². The lowest BCUT2D eigenvalue weighted by Gasteiger charge is -2.08. The van der Waals surface area contributed by atoms with Crippen molar-refractivity contribution in [2.75, 3.05) is 0 Å². The topological polar surface area (TPSA) is 25.8 Å². The predicted molar refractivity (Wildman–Crippen MR) is 73.7 cm³/mol. The Balaban J connectivity index is 2.04. The van der Waals surface area contributed by atoms with E-state index in [0.717, 1.165) is 16.8 Å². The molecule has 4 heteroatoms. The van der Waals surface area contributed by atoms with Crippen molar-refractivity contribution >= 4 is 11.6 Å². The maximum absolute atomic E-state index is 13.3. The molecule has 0 N–H and O–H groups in total. The monoisotopic (exact) mass is 276 g/mol. The Bertz CT molecular complexity index is 624. The third-order valence-electron chi connectivity index (χ3n) is 3.42. The molecule has 98 valence electrons. The van der Waals surface area contributed by atoms with E-state index in [0.29, 0.717) is 23.2 Å². The number of benzene rings is 1. The molecule has 0 aliphatic heterocycles. The van der Waals surface area contributed by atoms with Crippen LogP contribution in [0.5, 0.6) is 0 Å². The molecule has 1 fully saturated rings. The minimum atomic E-state index is -0.205. The van der Waals surface area contributed by atoms with Crippen LogP contribution >= 0.6 is 11.6 Å². The van der Waals surface area contributed by atoms with E-state index in [2.05, 4.69) is 9.97 Å². The molecule has 0 unspecified atom stereocenters. The van der Waals surface area contributed by atoms with E-state index >= 15 is 0 Å².